The molecule has 5 heteroatoms. The first kappa shape index (κ1) is 10.7. The van der Waals surface area contributed by atoms with E-state index < -0.39 is 10.0 Å². The molecule has 13 heavy (non-hydrogen) atoms. The van der Waals surface area contributed by atoms with Crippen molar-refractivity contribution in [3.05, 3.63) is 0 Å². The minimum atomic E-state index is -3.13. The van der Waals surface area contributed by atoms with Gasteiger partial charge in [-0.25, -0.2) is 8.42 Å². The Labute approximate surface area is 79.0 Å². The van der Waals surface area contributed by atoms with Crippen LogP contribution in [0, 0.1) is 5.92 Å². The van der Waals surface area contributed by atoms with Gasteiger partial charge in [-0.1, -0.05) is 13.8 Å². The summed E-state index contributed by atoms with van der Waals surface area (Å²) in [5.41, 5.74) is 0. The van der Waals surface area contributed by atoms with Gasteiger partial charge in [-0.2, -0.15) is 4.31 Å². The number of hydrogen-bond donors (Lipinski definition) is 0. The third kappa shape index (κ3) is 2.51. The largest absolute Gasteiger partial charge is 0.298 e. The highest BCUT2D eigenvalue weighted by Crippen LogP contribution is 2.18. The van der Waals surface area contributed by atoms with Crippen LogP contribution in [0.5, 0.6) is 0 Å². The van der Waals surface area contributed by atoms with Crippen molar-refractivity contribution in [2.75, 3.05) is 18.8 Å². The molecule has 76 valence electrons. The van der Waals surface area contributed by atoms with E-state index in [0.717, 1.165) is 0 Å². The summed E-state index contributed by atoms with van der Waals surface area (Å²) in [4.78, 5) is 11.1. The van der Waals surface area contributed by atoms with E-state index in [4.69, 9.17) is 0 Å². The molecule has 1 atom stereocenters. The molecule has 0 aromatic rings. The van der Waals surface area contributed by atoms with Gasteiger partial charge < -0.3 is 0 Å². The summed E-state index contributed by atoms with van der Waals surface area (Å²) >= 11 is 0. The standard InChI is InChI=1S/C8H15NO3S/c1-3-8(10)5-9-4-7(2)6-13(9,11)12/h7H,3-6H2,1-2H3. The number of Topliss-reactive ketones (excluding diaryl/α,β-unsaturated/α-hetero) is 1. The number of ketones is 1. The Hall–Kier alpha value is -0.420. The van der Waals surface area contributed by atoms with Gasteiger partial charge in [0.15, 0.2) is 0 Å². The molecular formula is C8H15NO3S. The molecule has 0 saturated carbocycles. The van der Waals surface area contributed by atoms with Crippen LogP contribution in [0.1, 0.15) is 20.3 Å². The van der Waals surface area contributed by atoms with Crippen molar-refractivity contribution in [3.63, 3.8) is 0 Å². The predicted octanol–water partition coefficient (Wildman–Crippen LogP) is 0.247. The number of rotatable bonds is 3. The second kappa shape index (κ2) is 3.75. The van der Waals surface area contributed by atoms with Crippen LogP contribution in [0.2, 0.25) is 0 Å². The van der Waals surface area contributed by atoms with E-state index in [0.29, 0.717) is 13.0 Å². The maximum absolute atomic E-state index is 11.4. The highest BCUT2D eigenvalue weighted by Gasteiger charge is 2.34. The Balaban J connectivity index is 2.66. The molecule has 0 amide bonds. The number of carbonyl (C=O) groups is 1. The second-order valence-corrected chi connectivity index (χ2v) is 5.58. The van der Waals surface area contributed by atoms with Crippen molar-refractivity contribution >= 4 is 15.8 Å². The lowest BCUT2D eigenvalue weighted by atomic mass is 10.2. The molecule has 1 fully saturated rings. The molecule has 0 spiro atoms. The van der Waals surface area contributed by atoms with E-state index in [-0.39, 0.29) is 24.0 Å². The summed E-state index contributed by atoms with van der Waals surface area (Å²) in [5.74, 6) is 0.316. The van der Waals surface area contributed by atoms with Crippen molar-refractivity contribution < 1.29 is 13.2 Å². The lowest BCUT2D eigenvalue weighted by molar-refractivity contribution is -0.118. The molecule has 0 aromatic carbocycles. The fourth-order valence-electron chi connectivity index (χ4n) is 1.45. The average Bonchev–Trinajstić information content (AvgIpc) is 2.24. The molecule has 4 nitrogen and oxygen atoms in total. The van der Waals surface area contributed by atoms with E-state index in [1.54, 1.807) is 6.92 Å². The van der Waals surface area contributed by atoms with Gasteiger partial charge in [-0.3, -0.25) is 4.79 Å². The molecule has 0 aliphatic carbocycles. The van der Waals surface area contributed by atoms with Gasteiger partial charge in [0.1, 0.15) is 5.78 Å². The maximum Gasteiger partial charge on any atom is 0.214 e. The first-order chi connectivity index (χ1) is 5.95. The molecular weight excluding hydrogens is 190 g/mol. The third-order valence-electron chi connectivity index (χ3n) is 2.15. The van der Waals surface area contributed by atoms with Gasteiger partial charge in [-0.05, 0) is 5.92 Å². The van der Waals surface area contributed by atoms with E-state index in [1.807, 2.05) is 6.92 Å². The molecule has 1 aliphatic rings. The van der Waals surface area contributed by atoms with Gasteiger partial charge in [0.05, 0.1) is 12.3 Å². The van der Waals surface area contributed by atoms with Crippen LogP contribution >= 0.6 is 0 Å². The average molecular weight is 205 g/mol. The van der Waals surface area contributed by atoms with Crippen molar-refractivity contribution in [2.24, 2.45) is 5.92 Å². The quantitative estimate of drug-likeness (QED) is 0.663. The zero-order valence-electron chi connectivity index (χ0n) is 7.99. The Kier molecular flexibility index (Phi) is 3.08. The highest BCUT2D eigenvalue weighted by atomic mass is 32.2. The summed E-state index contributed by atoms with van der Waals surface area (Å²) in [6.07, 6.45) is 0.403. The van der Waals surface area contributed by atoms with Crippen LogP contribution in [-0.2, 0) is 14.8 Å². The molecule has 0 aromatic heterocycles. The Morgan fingerprint density at radius 2 is 2.15 bits per heavy atom. The van der Waals surface area contributed by atoms with Gasteiger partial charge in [0.2, 0.25) is 10.0 Å². The smallest absolute Gasteiger partial charge is 0.214 e. The van der Waals surface area contributed by atoms with Crippen LogP contribution in [0.4, 0.5) is 0 Å². The first-order valence-corrected chi connectivity index (χ1v) is 6.06. The molecule has 0 N–H and O–H groups in total. The predicted molar refractivity (Wildman–Crippen MR) is 49.8 cm³/mol. The molecule has 0 bridgehead atoms. The molecule has 1 unspecified atom stereocenters. The fraction of sp³-hybridized carbons (Fsp3) is 0.875. The number of hydrogen-bond acceptors (Lipinski definition) is 3. The van der Waals surface area contributed by atoms with Crippen LogP contribution in [-0.4, -0.2) is 37.3 Å². The second-order valence-electron chi connectivity index (χ2n) is 3.57. The van der Waals surface area contributed by atoms with Crippen LogP contribution in [0.25, 0.3) is 0 Å². The van der Waals surface area contributed by atoms with Gasteiger partial charge >= 0.3 is 0 Å². The van der Waals surface area contributed by atoms with Crippen molar-refractivity contribution in [2.45, 2.75) is 20.3 Å². The number of sulfonamides is 1. The normalized spacial score (nSPS) is 27.7. The zero-order valence-corrected chi connectivity index (χ0v) is 8.80. The Bertz CT molecular complexity index is 297. The zero-order chi connectivity index (χ0) is 10.1. The molecule has 1 rings (SSSR count). The molecule has 1 heterocycles. The summed E-state index contributed by atoms with van der Waals surface area (Å²) in [5, 5.41) is 0. The molecule has 1 saturated heterocycles. The SMILES string of the molecule is CCC(=O)CN1CC(C)CS1(=O)=O. The maximum atomic E-state index is 11.4. The highest BCUT2D eigenvalue weighted by molar-refractivity contribution is 7.89. The van der Waals surface area contributed by atoms with Crippen LogP contribution < -0.4 is 0 Å². The Morgan fingerprint density at radius 3 is 2.54 bits per heavy atom. The van der Waals surface area contributed by atoms with Crippen molar-refractivity contribution in [3.8, 4) is 0 Å². The monoisotopic (exact) mass is 205 g/mol. The molecule has 0 radical (unpaired) electrons. The third-order valence-corrected chi connectivity index (χ3v) is 4.21. The molecule has 1 aliphatic heterocycles. The lowest BCUT2D eigenvalue weighted by Crippen LogP contribution is -2.31. The van der Waals surface area contributed by atoms with Gasteiger partial charge in [0, 0.05) is 13.0 Å². The van der Waals surface area contributed by atoms with E-state index in [9.17, 15) is 13.2 Å². The van der Waals surface area contributed by atoms with Crippen molar-refractivity contribution in [1.29, 1.82) is 0 Å². The summed E-state index contributed by atoms with van der Waals surface area (Å²) < 4.78 is 24.1. The van der Waals surface area contributed by atoms with Gasteiger partial charge in [0.25, 0.3) is 0 Å². The summed E-state index contributed by atoms with van der Waals surface area (Å²) in [6.45, 7) is 4.18. The fourth-order valence-corrected chi connectivity index (χ4v) is 3.31. The van der Waals surface area contributed by atoms with E-state index >= 15 is 0 Å². The van der Waals surface area contributed by atoms with E-state index in [1.165, 1.54) is 4.31 Å². The van der Waals surface area contributed by atoms with Crippen LogP contribution in [0.15, 0.2) is 0 Å². The minimum absolute atomic E-state index is 0.0160. The van der Waals surface area contributed by atoms with E-state index in [2.05, 4.69) is 0 Å². The van der Waals surface area contributed by atoms with Gasteiger partial charge in [-0.15, -0.1) is 0 Å². The summed E-state index contributed by atoms with van der Waals surface area (Å²) in [6, 6.07) is 0. The lowest BCUT2D eigenvalue weighted by Gasteiger charge is -2.12. The first-order valence-electron chi connectivity index (χ1n) is 4.45. The van der Waals surface area contributed by atoms with Crippen molar-refractivity contribution in [1.82, 2.24) is 4.31 Å². The Morgan fingerprint density at radius 1 is 1.54 bits per heavy atom. The summed E-state index contributed by atoms with van der Waals surface area (Å²) in [7, 11) is -3.13. The van der Waals surface area contributed by atoms with Crippen LogP contribution in [0.3, 0.4) is 0 Å². The number of nitrogens with zero attached hydrogens (tertiary/aromatic N) is 1. The topological polar surface area (TPSA) is 54.5 Å². The number of carbonyl (C=O) groups excluding carboxylic acids is 1. The minimum Gasteiger partial charge on any atom is -0.298 e.